The minimum atomic E-state index is -0.374. The second kappa shape index (κ2) is 6.90. The number of hydrogen-bond acceptors (Lipinski definition) is 2. The van der Waals surface area contributed by atoms with Crippen LogP contribution in [-0.2, 0) is 0 Å². The molecule has 0 aromatic heterocycles. The molecule has 3 nitrogen and oxygen atoms in total. The molecule has 4 heteroatoms. The summed E-state index contributed by atoms with van der Waals surface area (Å²) in [5, 5.41) is 12.2. The Morgan fingerprint density at radius 1 is 1.40 bits per heavy atom. The molecule has 20 heavy (non-hydrogen) atoms. The predicted molar refractivity (Wildman–Crippen MR) is 82.3 cm³/mol. The molecule has 1 aliphatic rings. The summed E-state index contributed by atoms with van der Waals surface area (Å²) < 4.78 is 0.874. The van der Waals surface area contributed by atoms with Crippen molar-refractivity contribution in [3.8, 4) is 6.07 Å². The number of carbonyl (C=O) groups excluding carboxylic acids is 1. The number of nitriles is 1. The molecule has 0 heterocycles. The number of amides is 1. The van der Waals surface area contributed by atoms with Crippen LogP contribution in [0.25, 0.3) is 0 Å². The van der Waals surface area contributed by atoms with Crippen LogP contribution in [0, 0.1) is 24.2 Å². The number of hydrogen-bond donors (Lipinski definition) is 1. The van der Waals surface area contributed by atoms with Gasteiger partial charge in [0.2, 0.25) is 0 Å². The zero-order chi connectivity index (χ0) is 14.5. The average molecular weight is 335 g/mol. The minimum Gasteiger partial charge on any atom is -0.336 e. The van der Waals surface area contributed by atoms with E-state index in [2.05, 4.69) is 27.3 Å². The summed E-state index contributed by atoms with van der Waals surface area (Å²) in [7, 11) is 0. The first-order chi connectivity index (χ1) is 9.61. The van der Waals surface area contributed by atoms with Gasteiger partial charge in [-0.2, -0.15) is 5.26 Å². The molecule has 0 spiro atoms. The van der Waals surface area contributed by atoms with E-state index in [9.17, 15) is 10.1 Å². The lowest BCUT2D eigenvalue weighted by Gasteiger charge is -2.26. The fourth-order valence-corrected chi connectivity index (χ4v) is 3.14. The Hall–Kier alpha value is -1.34. The monoisotopic (exact) mass is 334 g/mol. The lowest BCUT2D eigenvalue weighted by molar-refractivity contribution is 0.0928. The van der Waals surface area contributed by atoms with E-state index in [4.69, 9.17) is 0 Å². The molecule has 1 atom stereocenters. The molecule has 1 saturated carbocycles. The molecule has 106 valence electrons. The maximum absolute atomic E-state index is 12.3. The lowest BCUT2D eigenvalue weighted by atomic mass is 9.84. The van der Waals surface area contributed by atoms with Crippen molar-refractivity contribution < 1.29 is 4.79 Å². The highest BCUT2D eigenvalue weighted by Gasteiger charge is 2.25. The van der Waals surface area contributed by atoms with Gasteiger partial charge in [-0.3, -0.25) is 4.79 Å². The molecule has 0 aliphatic heterocycles. The topological polar surface area (TPSA) is 52.9 Å². The SMILES string of the molecule is Cc1ccc(Br)cc1C(=O)NC(C#N)C1CCCCC1. The van der Waals surface area contributed by atoms with Crippen molar-refractivity contribution in [3.05, 3.63) is 33.8 Å². The smallest absolute Gasteiger partial charge is 0.252 e. The highest BCUT2D eigenvalue weighted by molar-refractivity contribution is 9.10. The highest BCUT2D eigenvalue weighted by Crippen LogP contribution is 2.26. The molecule has 1 aromatic carbocycles. The predicted octanol–water partition coefficient (Wildman–Crippen LogP) is 3.96. The van der Waals surface area contributed by atoms with Crippen LogP contribution >= 0.6 is 15.9 Å². The van der Waals surface area contributed by atoms with Crippen LogP contribution in [0.3, 0.4) is 0 Å². The van der Waals surface area contributed by atoms with Gasteiger partial charge in [0.25, 0.3) is 5.91 Å². The zero-order valence-electron chi connectivity index (χ0n) is 11.7. The number of benzene rings is 1. The zero-order valence-corrected chi connectivity index (χ0v) is 13.2. The molecule has 1 aromatic rings. The van der Waals surface area contributed by atoms with E-state index in [0.29, 0.717) is 11.5 Å². The Kier molecular flexibility index (Phi) is 5.19. The molecule has 1 fully saturated rings. The van der Waals surface area contributed by atoms with E-state index in [0.717, 1.165) is 35.7 Å². The van der Waals surface area contributed by atoms with Gasteiger partial charge >= 0.3 is 0 Å². The molecule has 1 unspecified atom stereocenters. The normalized spacial score (nSPS) is 17.2. The summed E-state index contributed by atoms with van der Waals surface area (Å²) >= 11 is 3.38. The first kappa shape index (κ1) is 15.1. The van der Waals surface area contributed by atoms with E-state index in [1.54, 1.807) is 6.07 Å². The van der Waals surface area contributed by atoms with Gasteiger partial charge in [0.15, 0.2) is 0 Å². The van der Waals surface area contributed by atoms with Crippen LogP contribution in [0.5, 0.6) is 0 Å². The summed E-state index contributed by atoms with van der Waals surface area (Å²) in [5.41, 5.74) is 1.56. The Bertz CT molecular complexity index is 530. The van der Waals surface area contributed by atoms with Gasteiger partial charge in [-0.05, 0) is 43.4 Å². The van der Waals surface area contributed by atoms with E-state index in [1.807, 2.05) is 19.1 Å². The minimum absolute atomic E-state index is 0.152. The molecule has 1 amide bonds. The van der Waals surface area contributed by atoms with Gasteiger partial charge in [-0.1, -0.05) is 41.3 Å². The number of nitrogens with one attached hydrogen (secondary N) is 1. The molecule has 0 bridgehead atoms. The standard InChI is InChI=1S/C16H19BrN2O/c1-11-7-8-13(17)9-14(11)16(20)19-15(10-18)12-5-3-2-4-6-12/h7-9,12,15H,2-6H2,1H3,(H,19,20). The molecular weight excluding hydrogens is 316 g/mol. The molecular formula is C16H19BrN2O. The molecule has 2 rings (SSSR count). The van der Waals surface area contributed by atoms with Crippen molar-refractivity contribution in [2.45, 2.75) is 45.1 Å². The van der Waals surface area contributed by atoms with Gasteiger partial charge in [-0.25, -0.2) is 0 Å². The largest absolute Gasteiger partial charge is 0.336 e. The van der Waals surface area contributed by atoms with Crippen LogP contribution in [-0.4, -0.2) is 11.9 Å². The van der Waals surface area contributed by atoms with Gasteiger partial charge in [-0.15, -0.1) is 0 Å². The van der Waals surface area contributed by atoms with Crippen molar-refractivity contribution in [1.29, 1.82) is 5.26 Å². The number of carbonyl (C=O) groups is 1. The van der Waals surface area contributed by atoms with Crippen molar-refractivity contribution in [2.75, 3.05) is 0 Å². The van der Waals surface area contributed by atoms with Crippen LogP contribution in [0.2, 0.25) is 0 Å². The molecule has 1 aliphatic carbocycles. The van der Waals surface area contributed by atoms with Crippen molar-refractivity contribution >= 4 is 21.8 Å². The van der Waals surface area contributed by atoms with Crippen LogP contribution in [0.1, 0.15) is 48.0 Å². The van der Waals surface area contributed by atoms with Crippen LogP contribution in [0.4, 0.5) is 0 Å². The second-order valence-corrected chi connectivity index (χ2v) is 6.35. The molecule has 1 N–H and O–H groups in total. The van der Waals surface area contributed by atoms with Gasteiger partial charge in [0, 0.05) is 10.0 Å². The number of halogens is 1. The summed E-state index contributed by atoms with van der Waals surface area (Å²) in [4.78, 5) is 12.3. The maximum Gasteiger partial charge on any atom is 0.252 e. The Morgan fingerprint density at radius 3 is 2.75 bits per heavy atom. The van der Waals surface area contributed by atoms with Gasteiger partial charge in [0.1, 0.15) is 6.04 Å². The number of aryl methyl sites for hydroxylation is 1. The summed E-state index contributed by atoms with van der Waals surface area (Å²) in [6, 6.07) is 7.51. The first-order valence-electron chi connectivity index (χ1n) is 7.08. The van der Waals surface area contributed by atoms with Crippen molar-refractivity contribution in [1.82, 2.24) is 5.32 Å². The Labute approximate surface area is 128 Å². The third-order valence-corrected chi connectivity index (χ3v) is 4.48. The van der Waals surface area contributed by atoms with E-state index >= 15 is 0 Å². The highest BCUT2D eigenvalue weighted by atomic mass is 79.9. The van der Waals surface area contributed by atoms with E-state index in [1.165, 1.54) is 6.42 Å². The summed E-state index contributed by atoms with van der Waals surface area (Å²) in [5.74, 6) is 0.145. The van der Waals surface area contributed by atoms with Crippen molar-refractivity contribution in [2.24, 2.45) is 5.92 Å². The second-order valence-electron chi connectivity index (χ2n) is 5.44. The number of rotatable bonds is 3. The van der Waals surface area contributed by atoms with Crippen molar-refractivity contribution in [3.63, 3.8) is 0 Å². The van der Waals surface area contributed by atoms with Crippen LogP contribution in [0.15, 0.2) is 22.7 Å². The maximum atomic E-state index is 12.3. The van der Waals surface area contributed by atoms with Gasteiger partial charge < -0.3 is 5.32 Å². The molecule has 0 radical (unpaired) electrons. The third kappa shape index (κ3) is 3.61. The first-order valence-corrected chi connectivity index (χ1v) is 7.87. The Morgan fingerprint density at radius 2 is 2.10 bits per heavy atom. The summed E-state index contributed by atoms with van der Waals surface area (Å²) in [6.07, 6.45) is 5.64. The lowest BCUT2D eigenvalue weighted by Crippen LogP contribution is -2.40. The number of nitrogens with zero attached hydrogens (tertiary/aromatic N) is 1. The average Bonchev–Trinajstić information content (AvgIpc) is 2.48. The Balaban J connectivity index is 2.09. The summed E-state index contributed by atoms with van der Waals surface area (Å²) in [6.45, 7) is 1.91. The fourth-order valence-electron chi connectivity index (χ4n) is 2.78. The molecule has 0 saturated heterocycles. The van der Waals surface area contributed by atoms with Crippen LogP contribution < -0.4 is 5.32 Å². The quantitative estimate of drug-likeness (QED) is 0.909. The third-order valence-electron chi connectivity index (χ3n) is 3.99. The fraction of sp³-hybridized carbons (Fsp3) is 0.500. The van der Waals surface area contributed by atoms with E-state index < -0.39 is 0 Å². The van der Waals surface area contributed by atoms with Gasteiger partial charge in [0.05, 0.1) is 6.07 Å². The van der Waals surface area contributed by atoms with E-state index in [-0.39, 0.29) is 11.9 Å².